The molecule has 2 saturated heterocycles. The summed E-state index contributed by atoms with van der Waals surface area (Å²) < 4.78 is 33.1. The van der Waals surface area contributed by atoms with Gasteiger partial charge in [-0.05, 0) is 68.8 Å². The van der Waals surface area contributed by atoms with Gasteiger partial charge in [-0.1, -0.05) is 18.2 Å². The smallest absolute Gasteiger partial charge is 0.318 e. The number of benzene rings is 2. The zero-order valence-corrected chi connectivity index (χ0v) is 18.8. The fourth-order valence-corrected chi connectivity index (χ4v) is 5.04. The van der Waals surface area contributed by atoms with E-state index in [0.29, 0.717) is 18.7 Å². The van der Waals surface area contributed by atoms with Gasteiger partial charge in [0.15, 0.2) is 0 Å². The number of urea groups is 1. The zero-order chi connectivity index (χ0) is 22.8. The SMILES string of the molecule is O=C(NCc1ccc(F)cc1F)N(Cc1ccc(OC2CC2)cc1)[C@H]1CCN2CCC[C@H]2C1. The zero-order valence-electron chi connectivity index (χ0n) is 18.8. The van der Waals surface area contributed by atoms with Gasteiger partial charge in [0, 0.05) is 43.3 Å². The number of hydrogen-bond acceptors (Lipinski definition) is 3. The van der Waals surface area contributed by atoms with Crippen LogP contribution in [0.15, 0.2) is 42.5 Å². The van der Waals surface area contributed by atoms with Gasteiger partial charge >= 0.3 is 6.03 Å². The molecule has 5 nitrogen and oxygen atoms in total. The molecule has 33 heavy (non-hydrogen) atoms. The summed E-state index contributed by atoms with van der Waals surface area (Å²) in [6, 6.07) is 11.9. The van der Waals surface area contributed by atoms with Crippen LogP contribution in [0.2, 0.25) is 0 Å². The van der Waals surface area contributed by atoms with Crippen molar-refractivity contribution < 1.29 is 18.3 Å². The molecule has 2 atom stereocenters. The molecule has 3 aliphatic rings. The van der Waals surface area contributed by atoms with Crippen molar-refractivity contribution in [1.29, 1.82) is 0 Å². The van der Waals surface area contributed by atoms with E-state index in [9.17, 15) is 13.6 Å². The van der Waals surface area contributed by atoms with Crippen molar-refractivity contribution in [3.05, 3.63) is 65.2 Å². The molecule has 0 radical (unpaired) electrons. The third kappa shape index (κ3) is 5.46. The van der Waals surface area contributed by atoms with Crippen LogP contribution in [-0.4, -0.2) is 47.1 Å². The molecule has 2 amide bonds. The molecule has 2 aromatic rings. The van der Waals surface area contributed by atoms with Crippen molar-refractivity contribution in [2.45, 2.75) is 69.8 Å². The van der Waals surface area contributed by atoms with Crippen molar-refractivity contribution in [2.24, 2.45) is 0 Å². The average Bonchev–Trinajstić information content (AvgIpc) is 3.50. The molecule has 3 fully saturated rings. The highest BCUT2D eigenvalue weighted by Gasteiger charge is 2.36. The number of carbonyl (C=O) groups is 1. The highest BCUT2D eigenvalue weighted by molar-refractivity contribution is 5.74. The molecule has 0 spiro atoms. The first-order chi connectivity index (χ1) is 16.0. The fraction of sp³-hybridized carbons (Fsp3) is 0.500. The summed E-state index contributed by atoms with van der Waals surface area (Å²) in [5.74, 6) is -0.405. The summed E-state index contributed by atoms with van der Waals surface area (Å²) in [5, 5.41) is 2.87. The van der Waals surface area contributed by atoms with E-state index in [1.54, 1.807) is 0 Å². The summed E-state index contributed by atoms with van der Waals surface area (Å²) >= 11 is 0. The van der Waals surface area contributed by atoms with Crippen LogP contribution in [0.1, 0.15) is 49.7 Å². The summed E-state index contributed by atoms with van der Waals surface area (Å²) in [6.45, 7) is 2.66. The molecule has 0 unspecified atom stereocenters. The van der Waals surface area contributed by atoms with Crippen molar-refractivity contribution in [3.63, 3.8) is 0 Å². The highest BCUT2D eigenvalue weighted by Crippen LogP contribution is 2.31. The molecule has 0 bridgehead atoms. The molecular weight excluding hydrogens is 424 g/mol. The van der Waals surface area contributed by atoms with E-state index in [4.69, 9.17) is 4.74 Å². The molecule has 7 heteroatoms. The molecule has 2 aliphatic heterocycles. The Kier molecular flexibility index (Phi) is 6.49. The minimum Gasteiger partial charge on any atom is -0.490 e. The van der Waals surface area contributed by atoms with Crippen LogP contribution in [-0.2, 0) is 13.1 Å². The summed E-state index contributed by atoms with van der Waals surface area (Å²) in [7, 11) is 0. The second-order valence-electron chi connectivity index (χ2n) is 9.49. The Balaban J connectivity index is 1.28. The van der Waals surface area contributed by atoms with E-state index < -0.39 is 11.6 Å². The van der Waals surface area contributed by atoms with Gasteiger partial charge in [-0.2, -0.15) is 0 Å². The molecule has 176 valence electrons. The number of fused-ring (bicyclic) bond motifs is 1. The van der Waals surface area contributed by atoms with Crippen LogP contribution in [0.25, 0.3) is 0 Å². The maximum absolute atomic E-state index is 14.1. The molecule has 1 N–H and O–H groups in total. The maximum Gasteiger partial charge on any atom is 0.318 e. The Morgan fingerprint density at radius 3 is 2.64 bits per heavy atom. The Bertz CT molecular complexity index is 980. The Morgan fingerprint density at radius 2 is 1.88 bits per heavy atom. The van der Waals surface area contributed by atoms with E-state index in [2.05, 4.69) is 10.2 Å². The molecule has 0 aromatic heterocycles. The number of piperidine rings is 1. The van der Waals surface area contributed by atoms with E-state index >= 15 is 0 Å². The quantitative estimate of drug-likeness (QED) is 0.650. The highest BCUT2D eigenvalue weighted by atomic mass is 19.1. The van der Waals surface area contributed by atoms with Crippen LogP contribution in [0.5, 0.6) is 5.75 Å². The van der Waals surface area contributed by atoms with Crippen LogP contribution in [0.4, 0.5) is 13.6 Å². The van der Waals surface area contributed by atoms with Crippen LogP contribution in [0, 0.1) is 11.6 Å². The number of rotatable bonds is 7. The molecule has 1 aliphatic carbocycles. The first-order valence-corrected chi connectivity index (χ1v) is 12.0. The lowest BCUT2D eigenvalue weighted by Crippen LogP contribution is -2.51. The molecule has 1 saturated carbocycles. The van der Waals surface area contributed by atoms with E-state index in [0.717, 1.165) is 56.2 Å². The minimum absolute atomic E-state index is 0.0257. The van der Waals surface area contributed by atoms with E-state index in [1.165, 1.54) is 25.0 Å². The second-order valence-corrected chi connectivity index (χ2v) is 9.49. The predicted molar refractivity (Wildman–Crippen MR) is 122 cm³/mol. The standard InChI is InChI=1S/C26H31F2N3O2/c27-20-6-5-19(25(28)14-20)16-29-26(32)31(22-11-13-30-12-1-2-21(30)15-22)17-18-3-7-23(8-4-18)33-24-9-10-24/h3-8,14,21-22,24H,1-2,9-13,15-17H2,(H,29,32)/t21-,22-/m0/s1. The van der Waals surface area contributed by atoms with Gasteiger partial charge in [0.25, 0.3) is 0 Å². The number of amides is 2. The van der Waals surface area contributed by atoms with Gasteiger partial charge in [0.2, 0.25) is 0 Å². The first kappa shape index (κ1) is 22.1. The molecule has 2 aromatic carbocycles. The van der Waals surface area contributed by atoms with Crippen molar-refractivity contribution >= 4 is 6.03 Å². The number of nitrogens with one attached hydrogen (secondary N) is 1. The van der Waals surface area contributed by atoms with Crippen molar-refractivity contribution in [2.75, 3.05) is 13.1 Å². The largest absolute Gasteiger partial charge is 0.490 e. The number of carbonyl (C=O) groups excluding carboxylic acids is 1. The lowest BCUT2D eigenvalue weighted by molar-refractivity contribution is 0.0979. The lowest BCUT2D eigenvalue weighted by Gasteiger charge is -2.40. The van der Waals surface area contributed by atoms with Crippen LogP contribution < -0.4 is 10.1 Å². The number of hydrogen-bond donors (Lipinski definition) is 1. The summed E-state index contributed by atoms with van der Waals surface area (Å²) in [5.41, 5.74) is 1.31. The summed E-state index contributed by atoms with van der Waals surface area (Å²) in [4.78, 5) is 17.7. The number of nitrogens with zero attached hydrogens (tertiary/aromatic N) is 2. The average molecular weight is 456 g/mol. The molecular formula is C26H31F2N3O2. The van der Waals surface area contributed by atoms with E-state index in [1.807, 2.05) is 29.2 Å². The van der Waals surface area contributed by atoms with Gasteiger partial charge in [0.1, 0.15) is 17.4 Å². The van der Waals surface area contributed by atoms with Crippen LogP contribution >= 0.6 is 0 Å². The first-order valence-electron chi connectivity index (χ1n) is 12.0. The van der Waals surface area contributed by atoms with Gasteiger partial charge < -0.3 is 19.9 Å². The van der Waals surface area contributed by atoms with Crippen LogP contribution in [0.3, 0.4) is 0 Å². The van der Waals surface area contributed by atoms with Crippen molar-refractivity contribution in [3.8, 4) is 5.75 Å². The monoisotopic (exact) mass is 455 g/mol. The summed E-state index contributed by atoms with van der Waals surface area (Å²) in [6.07, 6.45) is 6.87. The Labute approximate surface area is 193 Å². The normalized spacial score (nSPS) is 22.6. The van der Waals surface area contributed by atoms with E-state index in [-0.39, 0.29) is 24.2 Å². The minimum atomic E-state index is -0.646. The maximum atomic E-state index is 14.1. The van der Waals surface area contributed by atoms with Gasteiger partial charge in [-0.3, -0.25) is 0 Å². The van der Waals surface area contributed by atoms with Gasteiger partial charge in [-0.15, -0.1) is 0 Å². The third-order valence-electron chi connectivity index (χ3n) is 7.04. The number of halogens is 2. The fourth-order valence-electron chi connectivity index (χ4n) is 5.04. The predicted octanol–water partition coefficient (Wildman–Crippen LogP) is 4.84. The molecule has 2 heterocycles. The van der Waals surface area contributed by atoms with Gasteiger partial charge in [-0.25, -0.2) is 13.6 Å². The second kappa shape index (κ2) is 9.67. The Morgan fingerprint density at radius 1 is 1.06 bits per heavy atom. The third-order valence-corrected chi connectivity index (χ3v) is 7.04. The number of ether oxygens (including phenoxy) is 1. The Hall–Kier alpha value is -2.67. The van der Waals surface area contributed by atoms with Crippen molar-refractivity contribution in [1.82, 2.24) is 15.1 Å². The molecule has 5 rings (SSSR count). The lowest BCUT2D eigenvalue weighted by atomic mass is 9.96. The van der Waals surface area contributed by atoms with Gasteiger partial charge in [0.05, 0.1) is 6.10 Å². The topological polar surface area (TPSA) is 44.8 Å².